The van der Waals surface area contributed by atoms with Crippen LogP contribution in [-0.4, -0.2) is 37.9 Å². The normalized spacial score (nSPS) is 13.0. The van der Waals surface area contributed by atoms with Crippen LogP contribution in [0.2, 0.25) is 0 Å². The molecule has 5 nitrogen and oxygen atoms in total. The Balaban J connectivity index is 4.41. The van der Waals surface area contributed by atoms with Crippen LogP contribution < -0.4 is 0 Å². The number of esters is 2. The summed E-state index contributed by atoms with van der Waals surface area (Å²) in [6, 6.07) is 0. The fourth-order valence-electron chi connectivity index (χ4n) is 7.14. The molecule has 0 radical (unpaired) electrons. The molecule has 0 aliphatic heterocycles. The molecule has 0 saturated carbocycles. The van der Waals surface area contributed by atoms with E-state index in [1.807, 2.05) is 12.2 Å². The van der Waals surface area contributed by atoms with Gasteiger partial charge in [0.25, 0.3) is 0 Å². The first-order chi connectivity index (χ1) is 31.6. The monoisotopic (exact) mass is 889 g/mol. The Morgan fingerprint density at radius 2 is 0.750 bits per heavy atom. The molecular weight excluding hydrogens is 789 g/mol. The number of unbranched alkanes of at least 4 members (excludes halogenated alkanes) is 22. The van der Waals surface area contributed by atoms with Crippen LogP contribution in [0.25, 0.3) is 0 Å². The average Bonchev–Trinajstić information content (AvgIpc) is 3.30. The summed E-state index contributed by atoms with van der Waals surface area (Å²) in [4.78, 5) is 25.4. The van der Waals surface area contributed by atoms with Gasteiger partial charge in [-0.2, -0.15) is 0 Å². The quantitative estimate of drug-likeness (QED) is 0.0346. The fraction of sp³-hybridized carbons (Fsp3) is 0.695. The van der Waals surface area contributed by atoms with Gasteiger partial charge < -0.3 is 14.2 Å². The molecule has 0 fully saturated rings. The van der Waals surface area contributed by atoms with Crippen LogP contribution in [0.4, 0.5) is 0 Å². The van der Waals surface area contributed by atoms with Crippen LogP contribution >= 0.6 is 0 Å². The lowest BCUT2D eigenvalue weighted by Crippen LogP contribution is -2.29. The third-order valence-corrected chi connectivity index (χ3v) is 11.1. The van der Waals surface area contributed by atoms with E-state index in [2.05, 4.69) is 106 Å². The van der Waals surface area contributed by atoms with Crippen LogP contribution in [0, 0.1) is 0 Å². The van der Waals surface area contributed by atoms with E-state index in [0.29, 0.717) is 13.0 Å². The van der Waals surface area contributed by atoms with Gasteiger partial charge in [-0.3, -0.25) is 9.59 Å². The Labute approximate surface area is 396 Å². The molecule has 0 spiro atoms. The Morgan fingerprint density at radius 3 is 1.25 bits per heavy atom. The van der Waals surface area contributed by atoms with Gasteiger partial charge in [-0.15, -0.1) is 0 Å². The summed E-state index contributed by atoms with van der Waals surface area (Å²) in [6.45, 7) is 7.56. The van der Waals surface area contributed by atoms with E-state index in [4.69, 9.17) is 14.2 Å². The molecule has 0 heterocycles. The summed E-state index contributed by atoms with van der Waals surface area (Å²) < 4.78 is 17.3. The Hall–Kier alpha value is -3.18. The number of hydrogen-bond acceptors (Lipinski definition) is 5. The van der Waals surface area contributed by atoms with Crippen LogP contribution in [0.1, 0.15) is 239 Å². The Morgan fingerprint density at radius 1 is 0.375 bits per heavy atom. The lowest BCUT2D eigenvalue weighted by molar-refractivity contribution is -0.162. The smallest absolute Gasteiger partial charge is 0.310 e. The minimum atomic E-state index is -0.603. The zero-order valence-corrected chi connectivity index (χ0v) is 42.0. The zero-order valence-electron chi connectivity index (χ0n) is 42.0. The zero-order chi connectivity index (χ0) is 46.3. The predicted octanol–water partition coefficient (Wildman–Crippen LogP) is 18.2. The van der Waals surface area contributed by atoms with Crippen LogP contribution in [0.15, 0.2) is 97.2 Å². The summed E-state index contributed by atoms with van der Waals surface area (Å²) in [6.07, 6.45) is 73.0. The molecule has 5 heteroatoms. The first-order valence-electron chi connectivity index (χ1n) is 26.8. The SMILES string of the molecule is CC/C=C\C/C=C\C/C=C\C/C=C\C/C=C\CC(=O)OC(COCCCCCCCC/C=C\C/C=C\CCCCC)COC(=O)CCCCCCCCC/C=C\CCCCCCCC. The highest BCUT2D eigenvalue weighted by molar-refractivity contribution is 5.71. The summed E-state index contributed by atoms with van der Waals surface area (Å²) in [5.41, 5.74) is 0. The van der Waals surface area contributed by atoms with Crippen LogP contribution in [-0.2, 0) is 23.8 Å². The van der Waals surface area contributed by atoms with Gasteiger partial charge >= 0.3 is 11.9 Å². The number of carbonyl (C=O) groups is 2. The summed E-state index contributed by atoms with van der Waals surface area (Å²) in [5, 5.41) is 0. The van der Waals surface area contributed by atoms with Crippen molar-refractivity contribution in [3.63, 3.8) is 0 Å². The second kappa shape index (κ2) is 54.2. The van der Waals surface area contributed by atoms with Crippen molar-refractivity contribution in [1.82, 2.24) is 0 Å². The Kier molecular flexibility index (Phi) is 51.5. The van der Waals surface area contributed by atoms with Crippen molar-refractivity contribution in [3.05, 3.63) is 97.2 Å². The molecule has 0 aromatic rings. The number of rotatable bonds is 48. The summed E-state index contributed by atoms with van der Waals surface area (Å²) in [5.74, 6) is -0.555. The van der Waals surface area contributed by atoms with E-state index in [-0.39, 0.29) is 31.6 Å². The summed E-state index contributed by atoms with van der Waals surface area (Å²) in [7, 11) is 0. The van der Waals surface area contributed by atoms with Gasteiger partial charge in [0, 0.05) is 13.0 Å². The maximum absolute atomic E-state index is 12.8. The third-order valence-electron chi connectivity index (χ3n) is 11.1. The van der Waals surface area contributed by atoms with Crippen LogP contribution in [0.5, 0.6) is 0 Å². The van der Waals surface area contributed by atoms with Crippen molar-refractivity contribution in [2.45, 2.75) is 245 Å². The van der Waals surface area contributed by atoms with Gasteiger partial charge in [-0.1, -0.05) is 221 Å². The van der Waals surface area contributed by atoms with Crippen molar-refractivity contribution in [3.8, 4) is 0 Å². The van der Waals surface area contributed by atoms with Crippen LogP contribution in [0.3, 0.4) is 0 Å². The minimum absolute atomic E-state index is 0.0351. The molecule has 0 aromatic heterocycles. The van der Waals surface area contributed by atoms with E-state index in [0.717, 1.165) is 77.0 Å². The van der Waals surface area contributed by atoms with Gasteiger partial charge in [-0.25, -0.2) is 0 Å². The lowest BCUT2D eigenvalue weighted by atomic mass is 10.1. The Bertz CT molecular complexity index is 1230. The second-order valence-electron chi connectivity index (χ2n) is 17.4. The molecular formula is C59H100O5. The van der Waals surface area contributed by atoms with Crippen molar-refractivity contribution < 1.29 is 23.8 Å². The van der Waals surface area contributed by atoms with Gasteiger partial charge in [0.2, 0.25) is 0 Å². The average molecular weight is 889 g/mol. The number of allylic oxidation sites excluding steroid dienone is 15. The van der Waals surface area contributed by atoms with Gasteiger partial charge in [0.15, 0.2) is 6.10 Å². The molecule has 0 bridgehead atoms. The molecule has 64 heavy (non-hydrogen) atoms. The molecule has 0 N–H and O–H groups in total. The van der Waals surface area contributed by atoms with E-state index in [1.165, 1.54) is 128 Å². The van der Waals surface area contributed by atoms with Crippen molar-refractivity contribution in [2.75, 3.05) is 19.8 Å². The molecule has 1 unspecified atom stereocenters. The first kappa shape index (κ1) is 60.8. The molecule has 366 valence electrons. The van der Waals surface area contributed by atoms with Gasteiger partial charge in [0.1, 0.15) is 6.61 Å². The molecule has 1 atom stereocenters. The third kappa shape index (κ3) is 51.5. The molecule has 0 rings (SSSR count). The van der Waals surface area contributed by atoms with Gasteiger partial charge in [0.05, 0.1) is 13.0 Å². The second-order valence-corrected chi connectivity index (χ2v) is 17.4. The van der Waals surface area contributed by atoms with E-state index < -0.39 is 6.10 Å². The van der Waals surface area contributed by atoms with Crippen molar-refractivity contribution >= 4 is 11.9 Å². The van der Waals surface area contributed by atoms with E-state index in [9.17, 15) is 9.59 Å². The molecule has 0 aromatic carbocycles. The maximum Gasteiger partial charge on any atom is 0.310 e. The first-order valence-corrected chi connectivity index (χ1v) is 26.8. The van der Waals surface area contributed by atoms with Crippen molar-refractivity contribution in [1.29, 1.82) is 0 Å². The molecule has 0 aliphatic rings. The molecule has 0 amide bonds. The molecule has 0 saturated heterocycles. The highest BCUT2D eigenvalue weighted by Gasteiger charge is 2.17. The fourth-order valence-corrected chi connectivity index (χ4v) is 7.14. The lowest BCUT2D eigenvalue weighted by Gasteiger charge is -2.18. The van der Waals surface area contributed by atoms with E-state index >= 15 is 0 Å². The highest BCUT2D eigenvalue weighted by atomic mass is 16.6. The van der Waals surface area contributed by atoms with Crippen molar-refractivity contribution in [2.24, 2.45) is 0 Å². The number of hydrogen-bond donors (Lipinski definition) is 0. The standard InChI is InChI=1S/C59H100O5/c1-4-7-10-13-16-19-22-25-28-30-32-34-37-40-43-46-49-52-58(60)63-56-57(55-62-54-51-48-45-42-39-36-33-29-26-23-20-17-14-11-8-5-2)64-59(61)53-50-47-44-41-38-35-31-27-24-21-18-15-12-9-6-3/h9,12,17-18,20-21,25-29,31,38,41,47,50,57H,4-8,10-11,13-16,19,22-24,30,32-37,39-40,42-46,48-49,51-56H2,1-3H3/b12-9-,20-17-,21-18-,28-25-,29-26-,31-27-,41-38-,50-47-. The minimum Gasteiger partial charge on any atom is -0.462 e. The molecule has 0 aliphatic carbocycles. The van der Waals surface area contributed by atoms with Gasteiger partial charge in [-0.05, 0) is 103 Å². The number of ether oxygens (including phenoxy) is 3. The van der Waals surface area contributed by atoms with E-state index in [1.54, 1.807) is 0 Å². The predicted molar refractivity (Wildman–Crippen MR) is 279 cm³/mol. The maximum atomic E-state index is 12.8. The largest absolute Gasteiger partial charge is 0.462 e. The highest BCUT2D eigenvalue weighted by Crippen LogP contribution is 2.13. The number of carbonyl (C=O) groups excluding carboxylic acids is 2. The summed E-state index contributed by atoms with van der Waals surface area (Å²) >= 11 is 0. The topological polar surface area (TPSA) is 61.8 Å².